The van der Waals surface area contributed by atoms with E-state index in [0.717, 1.165) is 5.56 Å². The van der Waals surface area contributed by atoms with Gasteiger partial charge in [0.15, 0.2) is 5.78 Å². The Morgan fingerprint density at radius 2 is 1.92 bits per heavy atom. The number of hydrogen-bond donors (Lipinski definition) is 2. The second-order valence-corrected chi connectivity index (χ2v) is 11.0. The van der Waals surface area contributed by atoms with Crippen LogP contribution in [0.15, 0.2) is 78.0 Å². The maximum absolute atomic E-state index is 13.7. The molecule has 1 atom stereocenters. The van der Waals surface area contributed by atoms with Crippen molar-refractivity contribution >= 4 is 34.7 Å². The van der Waals surface area contributed by atoms with Crippen LogP contribution in [0, 0.1) is 16.7 Å². The lowest BCUT2D eigenvalue weighted by Gasteiger charge is -2.37. The average molecular weight is 542 g/mol. The van der Waals surface area contributed by atoms with Gasteiger partial charge in [0.1, 0.15) is 30.2 Å². The molecule has 0 fully saturated rings. The number of ether oxygens (including phenoxy) is 1. The summed E-state index contributed by atoms with van der Waals surface area (Å²) >= 11 is 6.85. The van der Waals surface area contributed by atoms with Crippen molar-refractivity contribution in [3.05, 3.63) is 94.1 Å². The van der Waals surface area contributed by atoms with E-state index in [1.165, 1.54) is 11.0 Å². The fraction of sp³-hybridized carbons (Fsp3) is 0.258. The summed E-state index contributed by atoms with van der Waals surface area (Å²) in [6.07, 6.45) is 0.390. The van der Waals surface area contributed by atoms with Crippen LogP contribution in [0.3, 0.4) is 0 Å². The molecule has 0 saturated carbocycles. The molecule has 7 nitrogen and oxygen atoms in total. The van der Waals surface area contributed by atoms with Gasteiger partial charge in [0.25, 0.3) is 0 Å². The van der Waals surface area contributed by atoms with Crippen LogP contribution < -0.4 is 15.0 Å². The van der Waals surface area contributed by atoms with E-state index in [9.17, 15) is 20.0 Å². The third-order valence-corrected chi connectivity index (χ3v) is 7.35. The second-order valence-electron chi connectivity index (χ2n) is 10.6. The zero-order valence-electron chi connectivity index (χ0n) is 21.7. The largest absolute Gasteiger partial charge is 0.506 e. The Bertz CT molecular complexity index is 1520. The Morgan fingerprint density at radius 1 is 1.15 bits per heavy atom. The topological polar surface area (TPSA) is 103 Å². The van der Waals surface area contributed by atoms with Crippen molar-refractivity contribution in [2.45, 2.75) is 45.8 Å². The van der Waals surface area contributed by atoms with Crippen molar-refractivity contribution in [2.75, 3.05) is 10.2 Å². The number of nitriles is 1. The van der Waals surface area contributed by atoms with Crippen LogP contribution in [0.5, 0.6) is 11.5 Å². The van der Waals surface area contributed by atoms with Gasteiger partial charge >= 0.3 is 0 Å². The number of nitrogens with zero attached hydrogens (tertiary/aromatic N) is 2. The molecule has 0 spiro atoms. The molecule has 1 heterocycles. The summed E-state index contributed by atoms with van der Waals surface area (Å²) in [5, 5.41) is 23.8. The summed E-state index contributed by atoms with van der Waals surface area (Å²) in [6, 6.07) is 20.8. The Hall–Kier alpha value is -4.28. The first-order chi connectivity index (χ1) is 18.7. The molecule has 0 bridgehead atoms. The molecule has 39 heavy (non-hydrogen) atoms. The maximum Gasteiger partial charge on any atom is 0.242 e. The average Bonchev–Trinajstić information content (AvgIpc) is 3.03. The molecule has 1 amide bonds. The summed E-state index contributed by atoms with van der Waals surface area (Å²) in [7, 11) is 0. The van der Waals surface area contributed by atoms with E-state index in [-0.39, 0.29) is 23.4 Å². The first kappa shape index (κ1) is 26.3. The van der Waals surface area contributed by atoms with E-state index >= 15 is 0 Å². The van der Waals surface area contributed by atoms with Crippen LogP contribution in [0.25, 0.3) is 0 Å². The molecule has 2 aliphatic rings. The minimum Gasteiger partial charge on any atom is -0.506 e. The Morgan fingerprint density at radius 3 is 2.64 bits per heavy atom. The summed E-state index contributed by atoms with van der Waals surface area (Å²) < 4.78 is 5.95. The maximum atomic E-state index is 13.7. The Labute approximate surface area is 232 Å². The predicted octanol–water partition coefficient (Wildman–Crippen LogP) is 6.68. The number of hydrogen-bond acceptors (Lipinski definition) is 6. The molecule has 0 saturated heterocycles. The van der Waals surface area contributed by atoms with Crippen LogP contribution in [-0.2, 0) is 16.2 Å². The van der Waals surface area contributed by atoms with Gasteiger partial charge in [-0.1, -0.05) is 67.9 Å². The zero-order chi connectivity index (χ0) is 27.7. The summed E-state index contributed by atoms with van der Waals surface area (Å²) in [5.74, 6) is -0.164. The van der Waals surface area contributed by atoms with Crippen LogP contribution in [-0.4, -0.2) is 16.8 Å². The van der Waals surface area contributed by atoms with Crippen LogP contribution >= 0.6 is 11.6 Å². The normalized spacial score (nSPS) is 17.8. The molecular formula is C31H28ClN3O4. The predicted molar refractivity (Wildman–Crippen MR) is 149 cm³/mol. The van der Waals surface area contributed by atoms with Gasteiger partial charge in [0.2, 0.25) is 5.91 Å². The monoisotopic (exact) mass is 541 g/mol. The van der Waals surface area contributed by atoms with Crippen LogP contribution in [0.2, 0.25) is 5.02 Å². The highest BCUT2D eigenvalue weighted by atomic mass is 35.5. The standard InChI is InChI=1S/C31H28ClN3O4/c1-31(2)16-23-28(26(37)17-31)30(35(27(38)13-14-33)24-9-6-10-25(36)29(24)34-23)21-12-11-20(15-22(21)32)39-18-19-7-4-3-5-8-19/h3-12,15,30,34,36H,13,16-18H2,1-2H3/t30-/m0/s1. The summed E-state index contributed by atoms with van der Waals surface area (Å²) in [6.45, 7) is 4.37. The Balaban J connectivity index is 1.65. The van der Waals surface area contributed by atoms with E-state index in [0.29, 0.717) is 52.0 Å². The molecule has 8 heteroatoms. The van der Waals surface area contributed by atoms with Gasteiger partial charge in [0, 0.05) is 22.7 Å². The lowest BCUT2D eigenvalue weighted by atomic mass is 9.73. The molecule has 0 aromatic heterocycles. The number of allylic oxidation sites excluding steroid dienone is 1. The molecule has 198 valence electrons. The lowest BCUT2D eigenvalue weighted by Crippen LogP contribution is -2.39. The van der Waals surface area contributed by atoms with Crippen LogP contribution in [0.4, 0.5) is 11.4 Å². The number of Topliss-reactive ketones (excluding diaryl/α,β-unsaturated/α-hetero) is 1. The first-order valence-corrected chi connectivity index (χ1v) is 13.1. The van der Waals surface area contributed by atoms with Crippen molar-refractivity contribution in [2.24, 2.45) is 5.41 Å². The smallest absolute Gasteiger partial charge is 0.242 e. The molecule has 2 N–H and O–H groups in total. The van der Waals surface area contributed by atoms with Crippen molar-refractivity contribution < 1.29 is 19.4 Å². The van der Waals surface area contributed by atoms with Gasteiger partial charge in [-0.3, -0.25) is 14.5 Å². The van der Waals surface area contributed by atoms with E-state index in [4.69, 9.17) is 16.3 Å². The van der Waals surface area contributed by atoms with Gasteiger partial charge in [-0.2, -0.15) is 5.26 Å². The number of nitrogens with one attached hydrogen (secondary N) is 1. The molecule has 0 unspecified atom stereocenters. The minimum absolute atomic E-state index is 0.0682. The molecule has 3 aromatic carbocycles. The fourth-order valence-corrected chi connectivity index (χ4v) is 5.60. The number of ketones is 1. The summed E-state index contributed by atoms with van der Waals surface area (Å²) in [5.41, 5.74) is 2.88. The molecule has 5 rings (SSSR count). The lowest BCUT2D eigenvalue weighted by molar-refractivity contribution is -0.119. The number of phenolic OH excluding ortho intramolecular Hbond substituents is 1. The highest BCUT2D eigenvalue weighted by Gasteiger charge is 2.44. The van der Waals surface area contributed by atoms with Gasteiger partial charge in [-0.15, -0.1) is 0 Å². The highest BCUT2D eigenvalue weighted by Crippen LogP contribution is 2.51. The first-order valence-electron chi connectivity index (χ1n) is 12.7. The number of amides is 1. The van der Waals surface area contributed by atoms with Crippen molar-refractivity contribution in [3.63, 3.8) is 0 Å². The van der Waals surface area contributed by atoms with Gasteiger partial charge in [-0.25, -0.2) is 0 Å². The van der Waals surface area contributed by atoms with E-state index < -0.39 is 18.4 Å². The quantitative estimate of drug-likeness (QED) is 0.349. The van der Waals surface area contributed by atoms with E-state index in [2.05, 4.69) is 5.32 Å². The minimum atomic E-state index is -0.907. The molecule has 1 aliphatic carbocycles. The zero-order valence-corrected chi connectivity index (χ0v) is 22.5. The van der Waals surface area contributed by atoms with E-state index in [1.807, 2.05) is 50.2 Å². The molecule has 3 aromatic rings. The fourth-order valence-electron chi connectivity index (χ4n) is 5.33. The number of aromatic hydroxyl groups is 1. The molecule has 0 radical (unpaired) electrons. The molecule has 1 aliphatic heterocycles. The third kappa shape index (κ3) is 5.21. The number of carbonyl (C=O) groups excluding carboxylic acids is 2. The van der Waals surface area contributed by atoms with Crippen molar-refractivity contribution in [1.29, 1.82) is 5.26 Å². The summed E-state index contributed by atoms with van der Waals surface area (Å²) in [4.78, 5) is 28.7. The van der Waals surface area contributed by atoms with Crippen molar-refractivity contribution in [1.82, 2.24) is 0 Å². The number of para-hydroxylation sites is 1. The SMILES string of the molecule is CC1(C)CC(=O)C2=C(C1)Nc1c(O)cccc1N(C(=O)CC#N)[C@H]2c1ccc(OCc2ccccc2)cc1Cl. The Kier molecular flexibility index (Phi) is 7.07. The number of anilines is 2. The number of fused-ring (bicyclic) bond motifs is 1. The van der Waals surface area contributed by atoms with Crippen LogP contribution in [0.1, 0.15) is 50.3 Å². The highest BCUT2D eigenvalue weighted by molar-refractivity contribution is 6.31. The number of halogens is 1. The van der Waals surface area contributed by atoms with Gasteiger partial charge in [-0.05, 0) is 47.2 Å². The number of rotatable bonds is 5. The van der Waals surface area contributed by atoms with Gasteiger partial charge < -0.3 is 15.2 Å². The molecular weight excluding hydrogens is 514 g/mol. The van der Waals surface area contributed by atoms with Crippen molar-refractivity contribution in [3.8, 4) is 17.6 Å². The number of carbonyl (C=O) groups is 2. The van der Waals surface area contributed by atoms with E-state index in [1.54, 1.807) is 30.3 Å². The number of phenols is 1. The third-order valence-electron chi connectivity index (χ3n) is 7.02. The van der Waals surface area contributed by atoms with Gasteiger partial charge in [0.05, 0.1) is 17.8 Å². The number of benzene rings is 3. The second kappa shape index (κ2) is 10.5.